The van der Waals surface area contributed by atoms with Gasteiger partial charge < -0.3 is 16.1 Å². The third kappa shape index (κ3) is 4.84. The topological polar surface area (TPSA) is 79.7 Å². The molecule has 0 aliphatic heterocycles. The molecule has 1 aromatic rings. The number of aliphatic imine (C=N–C) groups is 1. The second kappa shape index (κ2) is 6.88. The Kier molecular flexibility index (Phi) is 5.45. The van der Waals surface area contributed by atoms with Crippen LogP contribution in [0.15, 0.2) is 29.3 Å². The molecule has 0 radical (unpaired) electrons. The van der Waals surface area contributed by atoms with Gasteiger partial charge in [-0.25, -0.2) is 0 Å². The number of hydrogen-bond acceptors (Lipinski definition) is 4. The Balaban J connectivity index is 2.55. The number of anilines is 1. The zero-order valence-electron chi connectivity index (χ0n) is 10.5. The Bertz CT molecular complexity index is 373. The van der Waals surface area contributed by atoms with E-state index in [0.717, 1.165) is 30.8 Å². The molecule has 0 aliphatic rings. The van der Waals surface area contributed by atoms with E-state index < -0.39 is 0 Å². The Labute approximate surface area is 102 Å². The van der Waals surface area contributed by atoms with Crippen LogP contribution < -0.4 is 17.0 Å². The molecule has 0 heterocycles. The molecule has 1 aromatic carbocycles. The van der Waals surface area contributed by atoms with Gasteiger partial charge in [0.1, 0.15) is 5.84 Å². The maximum atomic E-state index is 5.90. The first kappa shape index (κ1) is 13.5. The fourth-order valence-electron chi connectivity index (χ4n) is 1.45. The maximum absolute atomic E-state index is 5.90. The summed E-state index contributed by atoms with van der Waals surface area (Å²) in [5, 5.41) is 0. The van der Waals surface area contributed by atoms with Crippen molar-refractivity contribution in [1.82, 2.24) is 4.90 Å². The Morgan fingerprint density at radius 3 is 2.82 bits per heavy atom. The zero-order chi connectivity index (χ0) is 12.7. The van der Waals surface area contributed by atoms with E-state index in [9.17, 15) is 0 Å². The number of nitrogens with one attached hydrogen (secondary N) is 1. The summed E-state index contributed by atoms with van der Waals surface area (Å²) in [6.07, 6.45) is 1.00. The van der Waals surface area contributed by atoms with Crippen molar-refractivity contribution in [3.05, 3.63) is 29.8 Å². The third-order valence-electron chi connectivity index (χ3n) is 2.37. The maximum Gasteiger partial charge on any atom is 0.125 e. The summed E-state index contributed by atoms with van der Waals surface area (Å²) in [5.74, 6) is 5.89. The minimum absolute atomic E-state index is 0.556. The average Bonchev–Trinajstić information content (AvgIpc) is 2.34. The molecule has 5 nitrogen and oxygen atoms in total. The van der Waals surface area contributed by atoms with Gasteiger partial charge in [0.2, 0.25) is 0 Å². The lowest BCUT2D eigenvalue weighted by molar-refractivity contribution is 0.403. The summed E-state index contributed by atoms with van der Waals surface area (Å²) in [6.45, 7) is 1.76. The van der Waals surface area contributed by atoms with Crippen LogP contribution in [-0.2, 0) is 0 Å². The first-order chi connectivity index (χ1) is 8.13. The predicted molar refractivity (Wildman–Crippen MR) is 73.0 cm³/mol. The molecule has 0 amide bonds. The van der Waals surface area contributed by atoms with Gasteiger partial charge in [0.05, 0.1) is 0 Å². The number of benzene rings is 1. The van der Waals surface area contributed by atoms with Gasteiger partial charge in [0.25, 0.3) is 0 Å². The highest BCUT2D eigenvalue weighted by atomic mass is 15.2. The Hall–Kier alpha value is -1.59. The Morgan fingerprint density at radius 2 is 2.18 bits per heavy atom. The molecule has 94 valence electrons. The van der Waals surface area contributed by atoms with E-state index in [4.69, 9.17) is 11.6 Å². The van der Waals surface area contributed by atoms with Gasteiger partial charge in [-0.15, -0.1) is 0 Å². The molecule has 0 aliphatic carbocycles. The number of amidine groups is 1. The molecular formula is C12H21N5. The number of nitrogens with zero attached hydrogens (tertiary/aromatic N) is 2. The molecular weight excluding hydrogens is 214 g/mol. The van der Waals surface area contributed by atoms with Crippen molar-refractivity contribution in [2.45, 2.75) is 6.42 Å². The quantitative estimate of drug-likeness (QED) is 0.222. The first-order valence-electron chi connectivity index (χ1n) is 5.65. The normalized spacial score (nSPS) is 11.9. The van der Waals surface area contributed by atoms with Crippen LogP contribution in [-0.4, -0.2) is 37.9 Å². The number of nitrogens with two attached hydrogens (primary N) is 2. The van der Waals surface area contributed by atoms with Gasteiger partial charge in [-0.3, -0.25) is 10.8 Å². The lowest BCUT2D eigenvalue weighted by Gasteiger charge is -2.08. The molecule has 0 unspecified atom stereocenters. The predicted octanol–water partition coefficient (Wildman–Crippen LogP) is 0.629. The molecule has 5 heteroatoms. The van der Waals surface area contributed by atoms with Crippen molar-refractivity contribution in [2.75, 3.05) is 32.6 Å². The zero-order valence-corrected chi connectivity index (χ0v) is 10.5. The van der Waals surface area contributed by atoms with Gasteiger partial charge >= 0.3 is 0 Å². The molecule has 0 saturated heterocycles. The van der Waals surface area contributed by atoms with Crippen LogP contribution in [0, 0.1) is 0 Å². The molecule has 0 aromatic heterocycles. The van der Waals surface area contributed by atoms with Crippen molar-refractivity contribution in [2.24, 2.45) is 16.6 Å². The van der Waals surface area contributed by atoms with Crippen molar-refractivity contribution in [1.29, 1.82) is 0 Å². The van der Waals surface area contributed by atoms with Crippen molar-refractivity contribution in [3.63, 3.8) is 0 Å². The van der Waals surface area contributed by atoms with Crippen molar-refractivity contribution >= 4 is 11.5 Å². The summed E-state index contributed by atoms with van der Waals surface area (Å²) in [4.78, 5) is 6.47. The second-order valence-corrected chi connectivity index (χ2v) is 4.15. The summed E-state index contributed by atoms with van der Waals surface area (Å²) < 4.78 is 0. The minimum Gasteiger partial charge on any atom is -0.384 e. The van der Waals surface area contributed by atoms with E-state index in [1.165, 1.54) is 0 Å². The number of hydrogen-bond donors (Lipinski definition) is 3. The van der Waals surface area contributed by atoms with E-state index in [1.807, 2.05) is 38.4 Å². The average molecular weight is 235 g/mol. The van der Waals surface area contributed by atoms with E-state index in [1.54, 1.807) is 0 Å². The second-order valence-electron chi connectivity index (χ2n) is 4.15. The SMILES string of the molecule is CN(C)CCCN=C(N)c1cccc(NN)c1. The summed E-state index contributed by atoms with van der Waals surface area (Å²) in [5.41, 5.74) is 10.2. The van der Waals surface area contributed by atoms with E-state index >= 15 is 0 Å². The number of rotatable bonds is 6. The van der Waals surface area contributed by atoms with Gasteiger partial charge in [-0.05, 0) is 39.2 Å². The van der Waals surface area contributed by atoms with Crippen LogP contribution in [0.4, 0.5) is 5.69 Å². The highest BCUT2D eigenvalue weighted by Crippen LogP contribution is 2.08. The number of nitrogen functional groups attached to an aromatic ring is 1. The van der Waals surface area contributed by atoms with Crippen LogP contribution in [0.2, 0.25) is 0 Å². The molecule has 17 heavy (non-hydrogen) atoms. The van der Waals surface area contributed by atoms with Crippen molar-refractivity contribution < 1.29 is 0 Å². The van der Waals surface area contributed by atoms with Crippen LogP contribution >= 0.6 is 0 Å². The molecule has 1 rings (SSSR count). The fraction of sp³-hybridized carbons (Fsp3) is 0.417. The highest BCUT2D eigenvalue weighted by Gasteiger charge is 1.99. The molecule has 0 saturated carbocycles. The van der Waals surface area contributed by atoms with Gasteiger partial charge in [0.15, 0.2) is 0 Å². The smallest absolute Gasteiger partial charge is 0.125 e. The molecule has 0 spiro atoms. The molecule has 5 N–H and O–H groups in total. The van der Waals surface area contributed by atoms with Crippen LogP contribution in [0.3, 0.4) is 0 Å². The van der Waals surface area contributed by atoms with E-state index in [0.29, 0.717) is 5.84 Å². The van der Waals surface area contributed by atoms with Gasteiger partial charge in [0, 0.05) is 17.8 Å². The van der Waals surface area contributed by atoms with E-state index in [2.05, 4.69) is 15.3 Å². The van der Waals surface area contributed by atoms with Gasteiger partial charge in [-0.2, -0.15) is 0 Å². The molecule has 0 fully saturated rings. The van der Waals surface area contributed by atoms with Gasteiger partial charge in [-0.1, -0.05) is 12.1 Å². The molecule has 0 atom stereocenters. The van der Waals surface area contributed by atoms with Crippen LogP contribution in [0.25, 0.3) is 0 Å². The summed E-state index contributed by atoms with van der Waals surface area (Å²) in [6, 6.07) is 7.58. The largest absolute Gasteiger partial charge is 0.384 e. The molecule has 0 bridgehead atoms. The summed E-state index contributed by atoms with van der Waals surface area (Å²) in [7, 11) is 4.09. The monoisotopic (exact) mass is 235 g/mol. The standard InChI is InChI=1S/C12H21N5/c1-17(2)8-4-7-15-12(13)10-5-3-6-11(9-10)16-14/h3,5-6,9,16H,4,7-8,14H2,1-2H3,(H2,13,15). The third-order valence-corrected chi connectivity index (χ3v) is 2.37. The summed E-state index contributed by atoms with van der Waals surface area (Å²) >= 11 is 0. The number of hydrazine groups is 1. The lowest BCUT2D eigenvalue weighted by atomic mass is 10.2. The van der Waals surface area contributed by atoms with Crippen molar-refractivity contribution in [3.8, 4) is 0 Å². The lowest BCUT2D eigenvalue weighted by Crippen LogP contribution is -2.17. The van der Waals surface area contributed by atoms with E-state index in [-0.39, 0.29) is 0 Å². The minimum atomic E-state index is 0.556. The fourth-order valence-corrected chi connectivity index (χ4v) is 1.45. The highest BCUT2D eigenvalue weighted by molar-refractivity contribution is 5.98. The Morgan fingerprint density at radius 1 is 1.41 bits per heavy atom. The van der Waals surface area contributed by atoms with Crippen LogP contribution in [0.1, 0.15) is 12.0 Å². The first-order valence-corrected chi connectivity index (χ1v) is 5.65. The van der Waals surface area contributed by atoms with Crippen LogP contribution in [0.5, 0.6) is 0 Å².